The molecule has 35 heavy (non-hydrogen) atoms. The Morgan fingerprint density at radius 1 is 1.31 bits per heavy atom. The van der Waals surface area contributed by atoms with Crippen LogP contribution in [-0.2, 0) is 14.8 Å². The highest BCUT2D eigenvalue weighted by Crippen LogP contribution is 2.31. The number of allylic oxidation sites excluding steroid dienone is 2. The number of fused-ring (bicyclic) bond motifs is 1. The summed E-state index contributed by atoms with van der Waals surface area (Å²) in [5, 5.41) is 18.2. The number of imidazole rings is 1. The summed E-state index contributed by atoms with van der Waals surface area (Å²) in [5.74, 6) is -0.979. The fraction of sp³-hybridized carbons (Fsp3) is 0.174. The number of carbonyl (C=O) groups is 1. The van der Waals surface area contributed by atoms with Crippen LogP contribution in [0.5, 0.6) is 6.01 Å². The molecule has 10 nitrogen and oxygen atoms in total. The van der Waals surface area contributed by atoms with Crippen molar-refractivity contribution in [3.63, 3.8) is 0 Å². The summed E-state index contributed by atoms with van der Waals surface area (Å²) in [6, 6.07) is 7.66. The Labute approximate surface area is 206 Å². The lowest BCUT2D eigenvalue weighted by molar-refractivity contribution is -0.132. The van der Waals surface area contributed by atoms with E-state index in [2.05, 4.69) is 26.3 Å². The molecule has 0 saturated carbocycles. The van der Waals surface area contributed by atoms with Gasteiger partial charge in [-0.2, -0.15) is 4.98 Å². The third-order valence-corrected chi connectivity index (χ3v) is 6.30. The highest BCUT2D eigenvalue weighted by Gasteiger charge is 2.17. The second-order valence-electron chi connectivity index (χ2n) is 7.17. The van der Waals surface area contributed by atoms with Gasteiger partial charge in [0.2, 0.25) is 10.0 Å². The monoisotopic (exact) mass is 518 g/mol. The first kappa shape index (κ1) is 26.1. The predicted molar refractivity (Wildman–Crippen MR) is 132 cm³/mol. The first-order chi connectivity index (χ1) is 16.6. The van der Waals surface area contributed by atoms with Gasteiger partial charge in [-0.05, 0) is 36.8 Å². The molecule has 4 N–H and O–H groups in total. The minimum atomic E-state index is -3.83. The third kappa shape index (κ3) is 6.55. The van der Waals surface area contributed by atoms with Crippen molar-refractivity contribution in [2.75, 3.05) is 13.2 Å². The number of sulfonamides is 1. The van der Waals surface area contributed by atoms with Crippen molar-refractivity contribution in [3.8, 4) is 17.3 Å². The van der Waals surface area contributed by atoms with Crippen LogP contribution in [0.15, 0.2) is 71.4 Å². The lowest BCUT2D eigenvalue weighted by Gasteiger charge is -2.08. The molecule has 0 radical (unpaired) electrons. The first-order valence-corrected chi connectivity index (χ1v) is 12.3. The number of carboxylic acids is 1. The molecule has 2 aromatic heterocycles. The number of hydrogen-bond donors (Lipinski definition) is 4. The maximum Gasteiger partial charge on any atom is 0.335 e. The number of aliphatic hydroxyl groups excluding tert-OH is 1. The SMILES string of the molecule is C=C(/C=C(\C=C/CC)Oc1nc2nc(-c3cccc(S(=O)(=O)NCCO)c3)c(Cl)cc2[nH]1)C(=O)O. The maximum atomic E-state index is 12.4. The van der Waals surface area contributed by atoms with Crippen molar-refractivity contribution in [3.05, 3.63) is 71.5 Å². The average Bonchev–Trinajstić information content (AvgIpc) is 3.21. The van der Waals surface area contributed by atoms with Crippen LogP contribution < -0.4 is 9.46 Å². The van der Waals surface area contributed by atoms with Crippen LogP contribution >= 0.6 is 11.6 Å². The summed E-state index contributed by atoms with van der Waals surface area (Å²) < 4.78 is 32.8. The van der Waals surface area contributed by atoms with E-state index in [0.717, 1.165) is 0 Å². The van der Waals surface area contributed by atoms with Gasteiger partial charge in [0.1, 0.15) is 5.76 Å². The summed E-state index contributed by atoms with van der Waals surface area (Å²) in [5.41, 5.74) is 1.29. The fourth-order valence-corrected chi connectivity index (χ4v) is 4.24. The fourth-order valence-electron chi connectivity index (χ4n) is 2.91. The van der Waals surface area contributed by atoms with E-state index in [4.69, 9.17) is 26.6 Å². The van der Waals surface area contributed by atoms with E-state index >= 15 is 0 Å². The summed E-state index contributed by atoms with van der Waals surface area (Å²) in [6.07, 6.45) is 5.35. The minimum absolute atomic E-state index is 0.0105. The van der Waals surface area contributed by atoms with Gasteiger partial charge in [-0.1, -0.05) is 43.3 Å². The van der Waals surface area contributed by atoms with Crippen LogP contribution in [-0.4, -0.2) is 52.7 Å². The van der Waals surface area contributed by atoms with Gasteiger partial charge < -0.3 is 19.9 Å². The van der Waals surface area contributed by atoms with Crippen LogP contribution in [0.25, 0.3) is 22.4 Å². The molecule has 2 heterocycles. The summed E-state index contributed by atoms with van der Waals surface area (Å²) in [6.45, 7) is 4.94. The molecular weight excluding hydrogens is 496 g/mol. The smallest absolute Gasteiger partial charge is 0.335 e. The van der Waals surface area contributed by atoms with Crippen molar-refractivity contribution in [2.45, 2.75) is 18.2 Å². The third-order valence-electron chi connectivity index (χ3n) is 4.55. The van der Waals surface area contributed by atoms with Crippen molar-refractivity contribution >= 4 is 38.8 Å². The van der Waals surface area contributed by atoms with E-state index in [-0.39, 0.29) is 46.1 Å². The van der Waals surface area contributed by atoms with Crippen LogP contribution in [0.1, 0.15) is 13.3 Å². The lowest BCUT2D eigenvalue weighted by Crippen LogP contribution is -2.26. The molecule has 3 rings (SSSR count). The van der Waals surface area contributed by atoms with Crippen molar-refractivity contribution in [2.24, 2.45) is 0 Å². The van der Waals surface area contributed by atoms with E-state index in [1.54, 1.807) is 30.4 Å². The summed E-state index contributed by atoms with van der Waals surface area (Å²) in [4.78, 5) is 22.8. The number of aliphatic carboxylic acids is 1. The second-order valence-corrected chi connectivity index (χ2v) is 9.35. The first-order valence-electron chi connectivity index (χ1n) is 10.4. The average molecular weight is 519 g/mol. The van der Waals surface area contributed by atoms with Gasteiger partial charge in [0.15, 0.2) is 5.65 Å². The number of benzene rings is 1. The van der Waals surface area contributed by atoms with Crippen LogP contribution in [0.3, 0.4) is 0 Å². The molecule has 12 heteroatoms. The molecule has 0 aliphatic heterocycles. The molecule has 0 saturated heterocycles. The van der Waals surface area contributed by atoms with Crippen LogP contribution in [0.4, 0.5) is 0 Å². The van der Waals surface area contributed by atoms with Crippen LogP contribution in [0.2, 0.25) is 5.02 Å². The maximum absolute atomic E-state index is 12.4. The normalized spacial score (nSPS) is 12.4. The number of rotatable bonds is 11. The number of H-pyrrole nitrogens is 1. The summed E-state index contributed by atoms with van der Waals surface area (Å²) >= 11 is 6.43. The molecule has 0 amide bonds. The number of nitrogens with one attached hydrogen (secondary N) is 2. The lowest BCUT2D eigenvalue weighted by atomic mass is 10.1. The molecule has 0 unspecified atom stereocenters. The molecule has 3 aromatic rings. The minimum Gasteiger partial charge on any atom is -0.478 e. The number of ether oxygens (including phenoxy) is 1. The molecule has 184 valence electrons. The molecule has 1 aromatic carbocycles. The molecular formula is C23H23ClN4O6S. The molecule has 0 spiro atoms. The number of aromatic amines is 1. The van der Waals surface area contributed by atoms with Crippen molar-refractivity contribution < 1.29 is 28.2 Å². The Bertz CT molecular complexity index is 1430. The van der Waals surface area contributed by atoms with Gasteiger partial charge in [-0.3, -0.25) is 0 Å². The number of hydrogen-bond acceptors (Lipinski definition) is 7. The number of aromatic nitrogens is 3. The Morgan fingerprint density at radius 2 is 2.09 bits per heavy atom. The van der Waals surface area contributed by atoms with Crippen molar-refractivity contribution in [1.82, 2.24) is 19.7 Å². The Balaban J connectivity index is 1.97. The number of halogens is 1. The standard InChI is InChI=1S/C23H23ClN4O6S/c1-3-4-7-16(11-14(2)22(30)31)34-23-26-19-13-18(24)20(27-21(19)28-23)15-6-5-8-17(12-15)35(32,33)25-9-10-29/h4-8,11-13,25,29H,2-3,9-10H2,1H3,(H,30,31)(H,26,27,28)/b7-4-,16-11+. The number of carboxylic acid groups (broad SMARTS) is 1. The number of aliphatic hydroxyl groups is 1. The predicted octanol–water partition coefficient (Wildman–Crippen LogP) is 3.42. The Morgan fingerprint density at radius 3 is 2.77 bits per heavy atom. The van der Waals surface area contributed by atoms with E-state index in [0.29, 0.717) is 23.2 Å². The summed E-state index contributed by atoms with van der Waals surface area (Å²) in [7, 11) is -3.83. The number of nitrogens with zero attached hydrogens (tertiary/aromatic N) is 2. The van der Waals surface area contributed by atoms with Gasteiger partial charge in [0.25, 0.3) is 0 Å². The van der Waals surface area contributed by atoms with Gasteiger partial charge in [0, 0.05) is 12.1 Å². The topological polar surface area (TPSA) is 154 Å². The van der Waals surface area contributed by atoms with E-state index < -0.39 is 16.0 Å². The largest absolute Gasteiger partial charge is 0.478 e. The Kier molecular flexibility index (Phi) is 8.41. The van der Waals surface area contributed by atoms with Gasteiger partial charge >= 0.3 is 12.0 Å². The van der Waals surface area contributed by atoms with Gasteiger partial charge in [0.05, 0.1) is 33.3 Å². The molecule has 0 atom stereocenters. The molecule has 0 aliphatic carbocycles. The molecule has 0 fully saturated rings. The van der Waals surface area contributed by atoms with Gasteiger partial charge in [-0.15, -0.1) is 0 Å². The molecule has 0 bridgehead atoms. The Hall–Kier alpha value is -3.51. The quantitative estimate of drug-likeness (QED) is 0.171. The van der Waals surface area contributed by atoms with E-state index in [1.807, 2.05) is 6.92 Å². The molecule has 0 aliphatic rings. The van der Waals surface area contributed by atoms with Gasteiger partial charge in [-0.25, -0.2) is 22.9 Å². The van der Waals surface area contributed by atoms with Crippen LogP contribution in [0, 0.1) is 0 Å². The number of pyridine rings is 1. The zero-order valence-corrected chi connectivity index (χ0v) is 20.2. The van der Waals surface area contributed by atoms with E-state index in [1.165, 1.54) is 18.2 Å². The highest BCUT2D eigenvalue weighted by molar-refractivity contribution is 7.89. The zero-order chi connectivity index (χ0) is 25.6. The van der Waals surface area contributed by atoms with Crippen molar-refractivity contribution in [1.29, 1.82) is 0 Å². The zero-order valence-electron chi connectivity index (χ0n) is 18.7. The highest BCUT2D eigenvalue weighted by atomic mass is 35.5. The van der Waals surface area contributed by atoms with E-state index in [9.17, 15) is 13.2 Å². The second kappa shape index (κ2) is 11.3.